The molecule has 2 atom stereocenters. The van der Waals surface area contributed by atoms with E-state index >= 15 is 0 Å². The van der Waals surface area contributed by atoms with Gasteiger partial charge in [-0.3, -0.25) is 4.99 Å². The number of ether oxygens (including phenoxy) is 1. The largest absolute Gasteiger partial charge is 0.493 e. The maximum absolute atomic E-state index is 6.17. The van der Waals surface area contributed by atoms with E-state index in [1.54, 1.807) is 0 Å². The molecule has 0 aliphatic carbocycles. The van der Waals surface area contributed by atoms with Gasteiger partial charge in [0.1, 0.15) is 5.75 Å². The van der Waals surface area contributed by atoms with Crippen molar-refractivity contribution in [2.75, 3.05) is 27.2 Å². The van der Waals surface area contributed by atoms with Crippen LogP contribution in [-0.2, 0) is 0 Å². The minimum Gasteiger partial charge on any atom is -0.493 e. The van der Waals surface area contributed by atoms with Crippen LogP contribution in [0.25, 0.3) is 0 Å². The summed E-state index contributed by atoms with van der Waals surface area (Å²) in [6.45, 7) is 1.30. The van der Waals surface area contributed by atoms with Gasteiger partial charge in [-0.2, -0.15) is 0 Å². The Kier molecular flexibility index (Phi) is 7.71. The summed E-state index contributed by atoms with van der Waals surface area (Å²) in [5, 5.41) is 3.35. The molecule has 0 amide bonds. The van der Waals surface area contributed by atoms with Crippen LogP contribution >= 0.6 is 24.0 Å². The number of halogens is 1. The van der Waals surface area contributed by atoms with Crippen molar-refractivity contribution in [2.45, 2.75) is 18.5 Å². The Morgan fingerprint density at radius 2 is 1.88 bits per heavy atom. The first-order valence-electron chi connectivity index (χ1n) is 8.64. The summed E-state index contributed by atoms with van der Waals surface area (Å²) in [5.74, 6) is 1.40. The molecule has 2 aromatic rings. The average Bonchev–Trinajstić information content (AvgIpc) is 2.63. The molecule has 1 heterocycles. The molecular formula is C20H27IN4O. The van der Waals surface area contributed by atoms with Gasteiger partial charge in [-0.05, 0) is 25.7 Å². The number of nitrogens with zero attached hydrogens (tertiary/aromatic N) is 2. The highest BCUT2D eigenvalue weighted by Gasteiger charge is 2.21. The fourth-order valence-electron chi connectivity index (χ4n) is 3.14. The fraction of sp³-hybridized carbons (Fsp3) is 0.350. The zero-order chi connectivity index (χ0) is 17.6. The van der Waals surface area contributed by atoms with E-state index in [0.717, 1.165) is 17.7 Å². The third-order valence-electron chi connectivity index (χ3n) is 4.52. The Balaban J connectivity index is 0.00000243. The predicted molar refractivity (Wildman–Crippen MR) is 117 cm³/mol. The molecule has 2 unspecified atom stereocenters. The van der Waals surface area contributed by atoms with E-state index < -0.39 is 0 Å². The summed E-state index contributed by atoms with van der Waals surface area (Å²) in [5.41, 5.74) is 8.54. The van der Waals surface area contributed by atoms with E-state index in [1.165, 1.54) is 5.56 Å². The number of nitrogens with one attached hydrogen (secondary N) is 1. The van der Waals surface area contributed by atoms with Crippen molar-refractivity contribution >= 4 is 29.9 Å². The molecule has 2 aromatic carbocycles. The SMILES string of the molecule is CN(C)C(CN=C(N)NC1CCOc2ccccc21)c1ccccc1.I. The molecular weight excluding hydrogens is 439 g/mol. The molecule has 0 fully saturated rings. The van der Waals surface area contributed by atoms with E-state index in [2.05, 4.69) is 59.6 Å². The lowest BCUT2D eigenvalue weighted by Crippen LogP contribution is -2.38. The minimum atomic E-state index is 0. The van der Waals surface area contributed by atoms with Crippen LogP contribution in [0, 0.1) is 0 Å². The van der Waals surface area contributed by atoms with Crippen LogP contribution in [0.3, 0.4) is 0 Å². The summed E-state index contributed by atoms with van der Waals surface area (Å²) in [4.78, 5) is 6.75. The van der Waals surface area contributed by atoms with E-state index in [0.29, 0.717) is 19.1 Å². The van der Waals surface area contributed by atoms with Crippen molar-refractivity contribution < 1.29 is 4.74 Å². The Hall–Kier alpha value is -1.80. The lowest BCUT2D eigenvalue weighted by Gasteiger charge is -2.27. The second kappa shape index (κ2) is 9.78. The Morgan fingerprint density at radius 1 is 1.19 bits per heavy atom. The standard InChI is InChI=1S/C20H26N4O.HI/c1-24(2)18(15-8-4-3-5-9-15)14-22-20(21)23-17-12-13-25-19-11-7-6-10-16(17)19;/h3-11,17-18H,12-14H2,1-2H3,(H3,21,22,23);1H. The molecule has 1 aliphatic heterocycles. The third kappa shape index (κ3) is 5.11. The lowest BCUT2D eigenvalue weighted by atomic mass is 10.0. The third-order valence-corrected chi connectivity index (χ3v) is 4.52. The van der Waals surface area contributed by atoms with Gasteiger partial charge in [-0.25, -0.2) is 0 Å². The molecule has 0 saturated carbocycles. The zero-order valence-corrected chi connectivity index (χ0v) is 17.6. The quantitative estimate of drug-likeness (QED) is 0.403. The van der Waals surface area contributed by atoms with E-state index in [1.807, 2.05) is 24.3 Å². The van der Waals surface area contributed by atoms with Gasteiger partial charge in [-0.15, -0.1) is 24.0 Å². The van der Waals surface area contributed by atoms with Gasteiger partial charge >= 0.3 is 0 Å². The molecule has 6 heteroatoms. The molecule has 0 aromatic heterocycles. The number of aliphatic imine (C=N–C) groups is 1. The van der Waals surface area contributed by atoms with Gasteiger partial charge in [0.15, 0.2) is 5.96 Å². The summed E-state index contributed by atoms with van der Waals surface area (Å²) in [6, 6.07) is 18.8. The van der Waals surface area contributed by atoms with Gasteiger partial charge in [0.05, 0.1) is 25.2 Å². The monoisotopic (exact) mass is 466 g/mol. The first-order chi connectivity index (χ1) is 12.1. The van der Waals surface area contributed by atoms with Crippen molar-refractivity contribution in [3.05, 3.63) is 65.7 Å². The molecule has 3 rings (SSSR count). The smallest absolute Gasteiger partial charge is 0.189 e. The maximum atomic E-state index is 6.17. The summed E-state index contributed by atoms with van der Waals surface area (Å²) in [7, 11) is 4.12. The van der Waals surface area contributed by atoms with Crippen LogP contribution in [0.4, 0.5) is 0 Å². The number of hydrogen-bond donors (Lipinski definition) is 2. The van der Waals surface area contributed by atoms with Crippen molar-refractivity contribution in [1.29, 1.82) is 0 Å². The number of fused-ring (bicyclic) bond motifs is 1. The van der Waals surface area contributed by atoms with Gasteiger partial charge in [0, 0.05) is 12.0 Å². The molecule has 0 bridgehead atoms. The van der Waals surface area contributed by atoms with Gasteiger partial charge in [0.25, 0.3) is 0 Å². The van der Waals surface area contributed by atoms with Crippen LogP contribution in [0.1, 0.15) is 29.6 Å². The summed E-state index contributed by atoms with van der Waals surface area (Å²) in [6.07, 6.45) is 0.878. The van der Waals surface area contributed by atoms with Crippen molar-refractivity contribution in [3.8, 4) is 5.75 Å². The minimum absolute atomic E-state index is 0. The highest BCUT2D eigenvalue weighted by Crippen LogP contribution is 2.31. The van der Waals surface area contributed by atoms with Crippen LogP contribution in [-0.4, -0.2) is 38.1 Å². The number of benzene rings is 2. The van der Waals surface area contributed by atoms with E-state index in [-0.39, 0.29) is 36.1 Å². The molecule has 5 nitrogen and oxygen atoms in total. The number of rotatable bonds is 5. The second-order valence-corrected chi connectivity index (χ2v) is 6.49. The molecule has 0 radical (unpaired) electrons. The van der Waals surface area contributed by atoms with E-state index in [9.17, 15) is 0 Å². The normalized spacial score (nSPS) is 17.7. The average molecular weight is 466 g/mol. The van der Waals surface area contributed by atoms with E-state index in [4.69, 9.17) is 10.5 Å². The number of nitrogens with two attached hydrogens (primary N) is 1. The van der Waals surface area contributed by atoms with Gasteiger partial charge in [0.2, 0.25) is 0 Å². The highest BCUT2D eigenvalue weighted by atomic mass is 127. The summed E-state index contributed by atoms with van der Waals surface area (Å²) >= 11 is 0. The molecule has 1 aliphatic rings. The molecule has 3 N–H and O–H groups in total. The Morgan fingerprint density at radius 3 is 2.62 bits per heavy atom. The first kappa shape index (κ1) is 20.5. The van der Waals surface area contributed by atoms with Crippen LogP contribution in [0.15, 0.2) is 59.6 Å². The highest BCUT2D eigenvalue weighted by molar-refractivity contribution is 14.0. The van der Waals surface area contributed by atoms with Gasteiger partial charge in [-0.1, -0.05) is 48.5 Å². The zero-order valence-electron chi connectivity index (χ0n) is 15.3. The Labute approximate surface area is 172 Å². The van der Waals surface area contributed by atoms with Crippen molar-refractivity contribution in [3.63, 3.8) is 0 Å². The Bertz CT molecular complexity index is 721. The fourth-order valence-corrected chi connectivity index (χ4v) is 3.14. The molecule has 0 saturated heterocycles. The van der Waals surface area contributed by atoms with Gasteiger partial charge < -0.3 is 20.7 Å². The number of hydrogen-bond acceptors (Lipinski definition) is 3. The number of likely N-dealkylation sites (N-methyl/N-ethyl adjacent to an activating group) is 1. The van der Waals surface area contributed by atoms with Crippen LogP contribution < -0.4 is 15.8 Å². The lowest BCUT2D eigenvalue weighted by molar-refractivity contribution is 0.262. The predicted octanol–water partition coefficient (Wildman–Crippen LogP) is 3.34. The number of para-hydroxylation sites is 1. The molecule has 26 heavy (non-hydrogen) atoms. The topological polar surface area (TPSA) is 62.9 Å². The molecule has 140 valence electrons. The maximum Gasteiger partial charge on any atom is 0.189 e. The van der Waals surface area contributed by atoms with Crippen molar-refractivity contribution in [1.82, 2.24) is 10.2 Å². The second-order valence-electron chi connectivity index (χ2n) is 6.49. The first-order valence-corrected chi connectivity index (χ1v) is 8.64. The summed E-state index contributed by atoms with van der Waals surface area (Å²) < 4.78 is 5.70. The molecule has 0 spiro atoms. The van der Waals surface area contributed by atoms with Crippen LogP contribution in [0.5, 0.6) is 5.75 Å². The number of guanidine groups is 1. The van der Waals surface area contributed by atoms with Crippen LogP contribution in [0.2, 0.25) is 0 Å². The van der Waals surface area contributed by atoms with Crippen molar-refractivity contribution in [2.24, 2.45) is 10.7 Å².